The molecular weight excluding hydrogens is 454 g/mol. The number of carbonyl (C=O) groups excluding carboxylic acids is 3. The minimum absolute atomic E-state index is 0.356. The first kappa shape index (κ1) is 26.7. The molecule has 180 valence electrons. The fraction of sp³-hybridized carbons (Fsp3) is 0.346. The van der Waals surface area contributed by atoms with Crippen molar-refractivity contribution in [3.8, 4) is 12.5 Å². The summed E-state index contributed by atoms with van der Waals surface area (Å²) in [7, 11) is 0. The Morgan fingerprint density at radius 1 is 1.12 bits per heavy atom. The van der Waals surface area contributed by atoms with Crippen LogP contribution in [0, 0.1) is 26.3 Å². The Hall–Kier alpha value is -3.50. The van der Waals surface area contributed by atoms with Gasteiger partial charge in [0.2, 0.25) is 0 Å². The molecule has 0 saturated heterocycles. The fourth-order valence-electron chi connectivity index (χ4n) is 3.26. The van der Waals surface area contributed by atoms with Crippen molar-refractivity contribution < 1.29 is 19.1 Å². The Labute approximate surface area is 205 Å². The lowest BCUT2D eigenvalue weighted by Crippen LogP contribution is -2.49. The third-order valence-corrected chi connectivity index (χ3v) is 5.13. The Morgan fingerprint density at radius 3 is 2.32 bits per heavy atom. The van der Waals surface area contributed by atoms with Crippen molar-refractivity contribution in [3.63, 3.8) is 0 Å². The molecule has 0 spiro atoms. The summed E-state index contributed by atoms with van der Waals surface area (Å²) in [6.45, 7) is 10.3. The van der Waals surface area contributed by atoms with E-state index < -0.39 is 35.6 Å². The van der Waals surface area contributed by atoms with Crippen LogP contribution in [-0.2, 0) is 14.3 Å². The number of carbonyl (C=O) groups is 3. The molecular formula is C26H30ClN3O4. The Bertz CT molecular complexity index is 1100. The van der Waals surface area contributed by atoms with Gasteiger partial charge in [-0.2, -0.15) is 0 Å². The molecule has 0 fully saturated rings. The molecule has 2 unspecified atom stereocenters. The van der Waals surface area contributed by atoms with Gasteiger partial charge in [-0.1, -0.05) is 60.0 Å². The number of hydrogen-bond donors (Lipinski definition) is 2. The van der Waals surface area contributed by atoms with Crippen LogP contribution in [0.15, 0.2) is 42.5 Å². The molecule has 2 aromatic carbocycles. The molecule has 0 saturated carbocycles. The number of anilines is 1. The number of benzene rings is 2. The van der Waals surface area contributed by atoms with Crippen LogP contribution in [0.25, 0.3) is 0 Å². The maximum Gasteiger partial charge on any atom is 0.408 e. The van der Waals surface area contributed by atoms with E-state index in [0.29, 0.717) is 16.3 Å². The van der Waals surface area contributed by atoms with Gasteiger partial charge >= 0.3 is 6.09 Å². The van der Waals surface area contributed by atoms with Crippen LogP contribution < -0.4 is 10.6 Å². The van der Waals surface area contributed by atoms with Gasteiger partial charge in [-0.3, -0.25) is 14.5 Å². The summed E-state index contributed by atoms with van der Waals surface area (Å²) in [5.74, 6) is -1.19. The van der Waals surface area contributed by atoms with E-state index in [1.807, 2.05) is 13.0 Å². The minimum atomic E-state index is -1.17. The van der Waals surface area contributed by atoms with E-state index >= 15 is 0 Å². The number of ether oxygens (including phenoxy) is 1. The molecule has 7 nitrogen and oxygen atoms in total. The average Bonchev–Trinajstić information content (AvgIpc) is 2.72. The van der Waals surface area contributed by atoms with E-state index in [1.165, 1.54) is 6.92 Å². The second kappa shape index (κ2) is 11.1. The van der Waals surface area contributed by atoms with Crippen molar-refractivity contribution in [3.05, 3.63) is 64.2 Å². The molecule has 0 radical (unpaired) electrons. The number of halogens is 1. The summed E-state index contributed by atoms with van der Waals surface area (Å²) in [5, 5.41) is 5.64. The van der Waals surface area contributed by atoms with Crippen LogP contribution in [0.5, 0.6) is 0 Å². The smallest absolute Gasteiger partial charge is 0.408 e. The highest BCUT2D eigenvalue weighted by atomic mass is 35.5. The Morgan fingerprint density at radius 2 is 1.76 bits per heavy atom. The largest absolute Gasteiger partial charge is 0.444 e. The van der Waals surface area contributed by atoms with Gasteiger partial charge in [0, 0.05) is 6.04 Å². The van der Waals surface area contributed by atoms with Gasteiger partial charge in [0.15, 0.2) is 0 Å². The lowest BCUT2D eigenvalue weighted by atomic mass is 10.0. The quantitative estimate of drug-likeness (QED) is 0.448. The molecule has 0 bridgehead atoms. The third kappa shape index (κ3) is 7.00. The highest BCUT2D eigenvalue weighted by molar-refractivity contribution is 6.34. The van der Waals surface area contributed by atoms with Crippen LogP contribution in [0.1, 0.15) is 50.4 Å². The number of amides is 3. The topological polar surface area (TPSA) is 87.7 Å². The van der Waals surface area contributed by atoms with E-state index in [1.54, 1.807) is 64.1 Å². The van der Waals surface area contributed by atoms with Crippen molar-refractivity contribution in [1.82, 2.24) is 10.2 Å². The number of aryl methyl sites for hydroxylation is 2. The van der Waals surface area contributed by atoms with Crippen molar-refractivity contribution >= 4 is 35.2 Å². The second-order valence-corrected chi connectivity index (χ2v) is 9.35. The molecule has 0 aliphatic rings. The Kier molecular flexibility index (Phi) is 8.72. The van der Waals surface area contributed by atoms with Crippen LogP contribution in [0.2, 0.25) is 5.02 Å². The van der Waals surface area contributed by atoms with Crippen molar-refractivity contribution in [1.29, 1.82) is 0 Å². The predicted molar refractivity (Wildman–Crippen MR) is 133 cm³/mol. The van der Waals surface area contributed by atoms with Gasteiger partial charge in [-0.15, -0.1) is 0 Å². The van der Waals surface area contributed by atoms with Gasteiger partial charge in [-0.25, -0.2) is 4.79 Å². The molecule has 2 rings (SSSR count). The lowest BCUT2D eigenvalue weighted by Gasteiger charge is -2.29. The highest BCUT2D eigenvalue weighted by Crippen LogP contribution is 2.29. The van der Waals surface area contributed by atoms with Crippen molar-refractivity contribution in [2.24, 2.45) is 0 Å². The summed E-state index contributed by atoms with van der Waals surface area (Å²) < 4.78 is 5.22. The standard InChI is InChI=1S/C26H30ClN3O4/c1-8-30(24(32)18(4)28-25(33)34-26(5,6)7)22(19-13-9-11-16(2)15-19)23(31)29-21-17(3)12-10-14-20(21)27/h1,9-15,18,22H,2-7H3,(H,28,33)(H,29,31). The number of hydrogen-bond acceptors (Lipinski definition) is 4. The van der Waals surface area contributed by atoms with Crippen LogP contribution in [0.4, 0.5) is 10.5 Å². The van der Waals surface area contributed by atoms with E-state index in [2.05, 4.69) is 16.7 Å². The molecule has 0 aliphatic heterocycles. The number of para-hydroxylation sites is 1. The Balaban J connectivity index is 2.40. The highest BCUT2D eigenvalue weighted by Gasteiger charge is 2.34. The zero-order chi connectivity index (χ0) is 25.6. The summed E-state index contributed by atoms with van der Waals surface area (Å²) in [6, 6.07) is 12.4. The summed E-state index contributed by atoms with van der Waals surface area (Å²) in [4.78, 5) is 39.9. The summed E-state index contributed by atoms with van der Waals surface area (Å²) in [6.07, 6.45) is 4.95. The lowest BCUT2D eigenvalue weighted by molar-refractivity contribution is -0.136. The van der Waals surface area contributed by atoms with Gasteiger partial charge in [0.05, 0.1) is 10.7 Å². The third-order valence-electron chi connectivity index (χ3n) is 4.81. The van der Waals surface area contributed by atoms with E-state index in [9.17, 15) is 14.4 Å². The van der Waals surface area contributed by atoms with Crippen LogP contribution >= 0.6 is 11.6 Å². The second-order valence-electron chi connectivity index (χ2n) is 8.94. The predicted octanol–water partition coefficient (Wildman–Crippen LogP) is 4.97. The first-order valence-electron chi connectivity index (χ1n) is 10.8. The summed E-state index contributed by atoms with van der Waals surface area (Å²) >= 11 is 6.29. The van der Waals surface area contributed by atoms with E-state index in [0.717, 1.165) is 16.0 Å². The fourth-order valence-corrected chi connectivity index (χ4v) is 3.53. The monoisotopic (exact) mass is 483 g/mol. The van der Waals surface area contributed by atoms with Crippen LogP contribution in [0.3, 0.4) is 0 Å². The number of alkyl carbamates (subject to hydrolysis) is 1. The number of nitrogens with zero attached hydrogens (tertiary/aromatic N) is 1. The average molecular weight is 484 g/mol. The minimum Gasteiger partial charge on any atom is -0.444 e. The molecule has 2 atom stereocenters. The number of terminal acetylenes is 1. The van der Waals surface area contributed by atoms with Gasteiger partial charge in [-0.05, 0) is 58.7 Å². The van der Waals surface area contributed by atoms with Crippen molar-refractivity contribution in [2.45, 2.75) is 59.2 Å². The normalized spacial score (nSPS) is 12.6. The zero-order valence-corrected chi connectivity index (χ0v) is 21.0. The van der Waals surface area contributed by atoms with Gasteiger partial charge < -0.3 is 15.4 Å². The SMILES string of the molecule is C#CN(C(=O)C(C)NC(=O)OC(C)(C)C)C(C(=O)Nc1c(C)cccc1Cl)c1cccc(C)c1. The molecule has 2 N–H and O–H groups in total. The first-order chi connectivity index (χ1) is 15.8. The van der Waals surface area contributed by atoms with Crippen molar-refractivity contribution in [2.75, 3.05) is 5.32 Å². The molecule has 3 amide bonds. The molecule has 8 heteroatoms. The zero-order valence-electron chi connectivity index (χ0n) is 20.2. The number of nitrogens with one attached hydrogen (secondary N) is 2. The maximum absolute atomic E-state index is 13.5. The van der Waals surface area contributed by atoms with E-state index in [-0.39, 0.29) is 0 Å². The molecule has 0 heterocycles. The first-order valence-corrected chi connectivity index (χ1v) is 11.1. The molecule has 34 heavy (non-hydrogen) atoms. The number of rotatable bonds is 6. The maximum atomic E-state index is 13.5. The van der Waals surface area contributed by atoms with Gasteiger partial charge in [0.25, 0.3) is 11.8 Å². The molecule has 0 aromatic heterocycles. The van der Waals surface area contributed by atoms with E-state index in [4.69, 9.17) is 22.8 Å². The van der Waals surface area contributed by atoms with Crippen LogP contribution in [-0.4, -0.2) is 34.5 Å². The summed E-state index contributed by atoms with van der Waals surface area (Å²) in [5.41, 5.74) is 1.83. The molecule has 0 aliphatic carbocycles. The molecule has 2 aromatic rings. The van der Waals surface area contributed by atoms with Gasteiger partial charge in [0.1, 0.15) is 17.7 Å².